The number of nitrogens with zero attached hydrogens (tertiary/aromatic N) is 2. The second-order valence-electron chi connectivity index (χ2n) is 5.57. The highest BCUT2D eigenvalue weighted by molar-refractivity contribution is 5.77. The van der Waals surface area contributed by atoms with Crippen molar-refractivity contribution in [1.29, 1.82) is 0 Å². The number of phenols is 1. The maximum absolute atomic E-state index is 12.2. The van der Waals surface area contributed by atoms with E-state index in [1.807, 2.05) is 23.1 Å². The Morgan fingerprint density at radius 1 is 1.29 bits per heavy atom. The van der Waals surface area contributed by atoms with Crippen molar-refractivity contribution < 1.29 is 9.90 Å². The third kappa shape index (κ3) is 3.88. The molecule has 1 aromatic rings. The standard InChI is InChI=1S/C16H25N3O2/c1-2-13(12-17)11-16(21)19-9-7-18(8-10-19)14-5-3-4-6-15(14)20/h3-6,13,20H,2,7-12,17H2,1H3. The molecule has 1 aliphatic rings. The number of aromatic hydroxyl groups is 1. The molecular formula is C16H25N3O2. The minimum absolute atomic E-state index is 0.198. The van der Waals surface area contributed by atoms with Crippen molar-refractivity contribution in [2.75, 3.05) is 37.6 Å². The van der Waals surface area contributed by atoms with E-state index in [1.165, 1.54) is 0 Å². The van der Waals surface area contributed by atoms with Crippen molar-refractivity contribution in [2.45, 2.75) is 19.8 Å². The molecule has 1 atom stereocenters. The minimum atomic E-state index is 0.198. The number of carbonyl (C=O) groups excluding carboxylic acids is 1. The molecule has 3 N–H and O–H groups in total. The van der Waals surface area contributed by atoms with Gasteiger partial charge in [0.1, 0.15) is 5.75 Å². The van der Waals surface area contributed by atoms with Gasteiger partial charge in [0.2, 0.25) is 5.91 Å². The summed E-state index contributed by atoms with van der Waals surface area (Å²) < 4.78 is 0. The quantitative estimate of drug-likeness (QED) is 0.861. The molecule has 0 radical (unpaired) electrons. The van der Waals surface area contributed by atoms with Crippen LogP contribution in [0.15, 0.2) is 24.3 Å². The van der Waals surface area contributed by atoms with E-state index in [0.717, 1.165) is 25.2 Å². The fourth-order valence-electron chi connectivity index (χ4n) is 2.70. The van der Waals surface area contributed by atoms with Crippen LogP contribution >= 0.6 is 0 Å². The molecule has 0 aromatic heterocycles. The Morgan fingerprint density at radius 3 is 2.52 bits per heavy atom. The Balaban J connectivity index is 1.88. The SMILES string of the molecule is CCC(CN)CC(=O)N1CCN(c2ccccc2O)CC1. The largest absolute Gasteiger partial charge is 0.506 e. The van der Waals surface area contributed by atoms with E-state index in [1.54, 1.807) is 6.07 Å². The van der Waals surface area contributed by atoms with E-state index in [0.29, 0.717) is 31.8 Å². The Labute approximate surface area is 126 Å². The highest BCUT2D eigenvalue weighted by atomic mass is 16.3. The third-order valence-corrected chi connectivity index (χ3v) is 4.23. The first kappa shape index (κ1) is 15.6. The van der Waals surface area contributed by atoms with Crippen LogP contribution in [0.1, 0.15) is 19.8 Å². The molecule has 21 heavy (non-hydrogen) atoms. The van der Waals surface area contributed by atoms with Crippen LogP contribution in [0.3, 0.4) is 0 Å². The number of para-hydroxylation sites is 2. The Hall–Kier alpha value is -1.75. The number of amides is 1. The summed E-state index contributed by atoms with van der Waals surface area (Å²) >= 11 is 0. The number of hydrogen-bond donors (Lipinski definition) is 2. The van der Waals surface area contributed by atoms with Gasteiger partial charge in [0, 0.05) is 32.6 Å². The number of anilines is 1. The topological polar surface area (TPSA) is 69.8 Å². The molecule has 0 saturated carbocycles. The van der Waals surface area contributed by atoms with Crippen molar-refractivity contribution in [2.24, 2.45) is 11.7 Å². The van der Waals surface area contributed by atoms with Crippen LogP contribution in [0.2, 0.25) is 0 Å². The molecule has 2 rings (SSSR count). The molecule has 1 saturated heterocycles. The van der Waals surface area contributed by atoms with Gasteiger partial charge in [0.05, 0.1) is 5.69 Å². The van der Waals surface area contributed by atoms with Crippen LogP contribution in [-0.2, 0) is 4.79 Å². The summed E-state index contributed by atoms with van der Waals surface area (Å²) in [7, 11) is 0. The van der Waals surface area contributed by atoms with E-state index in [-0.39, 0.29) is 11.8 Å². The smallest absolute Gasteiger partial charge is 0.223 e. The second kappa shape index (κ2) is 7.31. The number of rotatable bonds is 5. The molecular weight excluding hydrogens is 266 g/mol. The first-order chi connectivity index (χ1) is 10.2. The fraction of sp³-hybridized carbons (Fsp3) is 0.562. The van der Waals surface area contributed by atoms with Crippen LogP contribution in [0.5, 0.6) is 5.75 Å². The number of hydrogen-bond acceptors (Lipinski definition) is 4. The normalized spacial score (nSPS) is 16.9. The van der Waals surface area contributed by atoms with Gasteiger partial charge in [-0.1, -0.05) is 25.5 Å². The van der Waals surface area contributed by atoms with Gasteiger partial charge < -0.3 is 20.6 Å². The zero-order valence-corrected chi connectivity index (χ0v) is 12.7. The van der Waals surface area contributed by atoms with Gasteiger partial charge in [-0.25, -0.2) is 0 Å². The van der Waals surface area contributed by atoms with Crippen LogP contribution in [0, 0.1) is 5.92 Å². The van der Waals surface area contributed by atoms with Crippen molar-refractivity contribution in [1.82, 2.24) is 4.90 Å². The van der Waals surface area contributed by atoms with E-state index in [4.69, 9.17) is 5.73 Å². The summed E-state index contributed by atoms with van der Waals surface area (Å²) in [6.07, 6.45) is 1.49. The maximum Gasteiger partial charge on any atom is 0.223 e. The van der Waals surface area contributed by atoms with E-state index in [2.05, 4.69) is 11.8 Å². The molecule has 1 aliphatic heterocycles. The van der Waals surface area contributed by atoms with E-state index in [9.17, 15) is 9.90 Å². The molecule has 0 aliphatic carbocycles. The Morgan fingerprint density at radius 2 is 1.95 bits per heavy atom. The van der Waals surface area contributed by atoms with Crippen molar-refractivity contribution >= 4 is 11.6 Å². The summed E-state index contributed by atoms with van der Waals surface area (Å²) in [6, 6.07) is 7.34. The van der Waals surface area contributed by atoms with E-state index >= 15 is 0 Å². The summed E-state index contributed by atoms with van der Waals surface area (Å²) in [5.41, 5.74) is 6.51. The predicted octanol–water partition coefficient (Wildman–Crippen LogP) is 1.42. The molecule has 5 heteroatoms. The maximum atomic E-state index is 12.2. The average Bonchev–Trinajstić information content (AvgIpc) is 2.53. The third-order valence-electron chi connectivity index (χ3n) is 4.23. The molecule has 0 bridgehead atoms. The molecule has 5 nitrogen and oxygen atoms in total. The molecule has 1 heterocycles. The number of piperazine rings is 1. The van der Waals surface area contributed by atoms with Gasteiger partial charge >= 0.3 is 0 Å². The minimum Gasteiger partial charge on any atom is -0.506 e. The van der Waals surface area contributed by atoms with Crippen molar-refractivity contribution in [3.05, 3.63) is 24.3 Å². The van der Waals surface area contributed by atoms with Crippen LogP contribution in [-0.4, -0.2) is 48.6 Å². The molecule has 1 unspecified atom stereocenters. The van der Waals surface area contributed by atoms with Gasteiger partial charge in [0.15, 0.2) is 0 Å². The predicted molar refractivity (Wildman–Crippen MR) is 84.4 cm³/mol. The Bertz CT molecular complexity index is 466. The van der Waals surface area contributed by atoms with E-state index < -0.39 is 0 Å². The number of phenolic OH excluding ortho intramolecular Hbond substituents is 1. The lowest BCUT2D eigenvalue weighted by atomic mass is 10.0. The monoisotopic (exact) mass is 291 g/mol. The highest BCUT2D eigenvalue weighted by Crippen LogP contribution is 2.27. The number of nitrogens with two attached hydrogens (primary N) is 1. The molecule has 1 fully saturated rings. The summed E-state index contributed by atoms with van der Waals surface area (Å²) in [4.78, 5) is 16.3. The number of benzene rings is 1. The lowest BCUT2D eigenvalue weighted by Crippen LogP contribution is -2.49. The summed E-state index contributed by atoms with van der Waals surface area (Å²) in [6.45, 7) is 5.55. The zero-order chi connectivity index (χ0) is 15.2. The van der Waals surface area contributed by atoms with Crippen LogP contribution < -0.4 is 10.6 Å². The first-order valence-electron chi connectivity index (χ1n) is 7.66. The lowest BCUT2D eigenvalue weighted by Gasteiger charge is -2.36. The second-order valence-corrected chi connectivity index (χ2v) is 5.57. The lowest BCUT2D eigenvalue weighted by molar-refractivity contribution is -0.132. The fourth-order valence-corrected chi connectivity index (χ4v) is 2.70. The average molecular weight is 291 g/mol. The first-order valence-corrected chi connectivity index (χ1v) is 7.66. The van der Waals surface area contributed by atoms with Crippen molar-refractivity contribution in [3.8, 4) is 5.75 Å². The molecule has 0 spiro atoms. The number of carbonyl (C=O) groups is 1. The zero-order valence-electron chi connectivity index (χ0n) is 12.7. The Kier molecular flexibility index (Phi) is 5.44. The molecule has 1 amide bonds. The van der Waals surface area contributed by atoms with Crippen LogP contribution in [0.25, 0.3) is 0 Å². The summed E-state index contributed by atoms with van der Waals surface area (Å²) in [5, 5.41) is 9.88. The van der Waals surface area contributed by atoms with Gasteiger partial charge in [-0.15, -0.1) is 0 Å². The van der Waals surface area contributed by atoms with Gasteiger partial charge in [0.25, 0.3) is 0 Å². The highest BCUT2D eigenvalue weighted by Gasteiger charge is 2.23. The summed E-state index contributed by atoms with van der Waals surface area (Å²) in [5.74, 6) is 0.782. The van der Waals surface area contributed by atoms with Gasteiger partial charge in [-0.2, -0.15) is 0 Å². The van der Waals surface area contributed by atoms with Crippen molar-refractivity contribution in [3.63, 3.8) is 0 Å². The van der Waals surface area contributed by atoms with Gasteiger partial charge in [-0.3, -0.25) is 4.79 Å². The van der Waals surface area contributed by atoms with Crippen LogP contribution in [0.4, 0.5) is 5.69 Å². The van der Waals surface area contributed by atoms with Gasteiger partial charge in [-0.05, 0) is 24.6 Å². The molecule has 1 aromatic carbocycles. The molecule has 116 valence electrons.